The van der Waals surface area contributed by atoms with Crippen LogP contribution in [0.5, 0.6) is 0 Å². The maximum absolute atomic E-state index is 11.2. The van der Waals surface area contributed by atoms with E-state index in [-0.39, 0.29) is 5.92 Å². The highest BCUT2D eigenvalue weighted by Crippen LogP contribution is 2.46. The second-order valence-corrected chi connectivity index (χ2v) is 6.23. The van der Waals surface area contributed by atoms with Crippen molar-refractivity contribution in [1.82, 2.24) is 0 Å². The molecule has 102 valence electrons. The molecule has 1 heteroatoms. The molecule has 1 rings (SSSR count). The Hall–Kier alpha value is -0.820. The second-order valence-electron chi connectivity index (χ2n) is 6.23. The average molecular weight is 248 g/mol. The minimum absolute atomic E-state index is 0.222. The molecule has 0 aromatic rings. The topological polar surface area (TPSA) is 20.2 Å². The molecule has 0 amide bonds. The molecule has 0 bridgehead atoms. The first-order valence-electron chi connectivity index (χ1n) is 6.98. The van der Waals surface area contributed by atoms with Gasteiger partial charge in [0.15, 0.2) is 0 Å². The smallest absolute Gasteiger partial charge is 0.0893 e. The van der Waals surface area contributed by atoms with E-state index in [1.165, 1.54) is 5.57 Å². The molecule has 1 nitrogen and oxygen atoms in total. The maximum atomic E-state index is 11.2. The average Bonchev–Trinajstić information content (AvgIpc) is 2.24. The van der Waals surface area contributed by atoms with Gasteiger partial charge < -0.3 is 5.11 Å². The van der Waals surface area contributed by atoms with Crippen molar-refractivity contribution in [3.8, 4) is 0 Å². The van der Waals surface area contributed by atoms with Crippen LogP contribution in [0.3, 0.4) is 0 Å². The fraction of sp³-hybridized carbons (Fsp3) is 0.647. The van der Waals surface area contributed by atoms with Crippen LogP contribution in [-0.2, 0) is 0 Å². The largest absolute Gasteiger partial charge is 0.385 e. The highest BCUT2D eigenvalue weighted by molar-refractivity contribution is 5.25. The second kappa shape index (κ2) is 5.88. The lowest BCUT2D eigenvalue weighted by Gasteiger charge is -2.45. The zero-order chi connectivity index (χ0) is 13.9. The zero-order valence-electron chi connectivity index (χ0n) is 12.4. The predicted octanol–water partition coefficient (Wildman–Crippen LogP) is 4.50. The zero-order valence-corrected chi connectivity index (χ0v) is 12.4. The number of aliphatic hydroxyl groups is 1. The third-order valence-electron chi connectivity index (χ3n) is 4.23. The fourth-order valence-corrected chi connectivity index (χ4v) is 3.29. The molecule has 0 unspecified atom stereocenters. The van der Waals surface area contributed by atoms with Crippen LogP contribution in [0.25, 0.3) is 0 Å². The predicted molar refractivity (Wildman–Crippen MR) is 79.4 cm³/mol. The Morgan fingerprint density at radius 2 is 2.22 bits per heavy atom. The molecular formula is C17H28O. The van der Waals surface area contributed by atoms with Gasteiger partial charge in [0, 0.05) is 5.92 Å². The molecule has 0 saturated carbocycles. The summed E-state index contributed by atoms with van der Waals surface area (Å²) in [5.74, 6) is 1.07. The molecule has 1 N–H and O–H groups in total. The van der Waals surface area contributed by atoms with Crippen molar-refractivity contribution in [2.24, 2.45) is 17.8 Å². The van der Waals surface area contributed by atoms with Crippen molar-refractivity contribution in [3.05, 3.63) is 36.5 Å². The normalized spacial score (nSPS) is 32.2. The van der Waals surface area contributed by atoms with Crippen LogP contribution >= 0.6 is 0 Å². The van der Waals surface area contributed by atoms with E-state index in [9.17, 15) is 5.11 Å². The minimum atomic E-state index is -0.690. The third-order valence-corrected chi connectivity index (χ3v) is 4.23. The molecule has 0 radical (unpaired) electrons. The number of rotatable bonds is 5. The molecule has 0 aromatic carbocycles. The van der Waals surface area contributed by atoms with Gasteiger partial charge in [-0.15, -0.1) is 6.58 Å². The van der Waals surface area contributed by atoms with Gasteiger partial charge in [0.2, 0.25) is 0 Å². The van der Waals surface area contributed by atoms with Crippen molar-refractivity contribution in [1.29, 1.82) is 0 Å². The molecule has 1 aliphatic carbocycles. The van der Waals surface area contributed by atoms with Crippen LogP contribution in [0.15, 0.2) is 36.5 Å². The third kappa shape index (κ3) is 2.95. The van der Waals surface area contributed by atoms with E-state index < -0.39 is 5.60 Å². The van der Waals surface area contributed by atoms with E-state index in [0.717, 1.165) is 24.8 Å². The summed E-state index contributed by atoms with van der Waals surface area (Å²) in [5.41, 5.74) is 1.61. The summed E-state index contributed by atoms with van der Waals surface area (Å²) < 4.78 is 0. The minimum Gasteiger partial charge on any atom is -0.385 e. The lowest BCUT2D eigenvalue weighted by Crippen LogP contribution is -2.46. The van der Waals surface area contributed by atoms with Gasteiger partial charge in [0.05, 0.1) is 5.60 Å². The number of hydrogen-bond donors (Lipinski definition) is 1. The van der Waals surface area contributed by atoms with Crippen LogP contribution < -0.4 is 0 Å². The van der Waals surface area contributed by atoms with E-state index >= 15 is 0 Å². The highest BCUT2D eigenvalue weighted by atomic mass is 16.3. The lowest BCUT2D eigenvalue weighted by molar-refractivity contribution is -0.0261. The maximum Gasteiger partial charge on any atom is 0.0893 e. The van der Waals surface area contributed by atoms with Crippen molar-refractivity contribution < 1.29 is 5.11 Å². The molecule has 1 aliphatic rings. The van der Waals surface area contributed by atoms with E-state index in [4.69, 9.17) is 0 Å². The Morgan fingerprint density at radius 3 is 2.67 bits per heavy atom. The molecule has 0 saturated heterocycles. The fourth-order valence-electron chi connectivity index (χ4n) is 3.29. The quantitative estimate of drug-likeness (QED) is 0.710. The molecule has 0 fully saturated rings. The van der Waals surface area contributed by atoms with E-state index in [2.05, 4.69) is 46.9 Å². The summed E-state index contributed by atoms with van der Waals surface area (Å²) in [6.07, 6.45) is 6.80. The Balaban J connectivity index is 3.14. The van der Waals surface area contributed by atoms with Crippen molar-refractivity contribution in [2.45, 2.75) is 52.6 Å². The van der Waals surface area contributed by atoms with E-state index in [1.807, 2.05) is 6.08 Å². The summed E-state index contributed by atoms with van der Waals surface area (Å²) in [4.78, 5) is 0. The van der Waals surface area contributed by atoms with Crippen molar-refractivity contribution in [2.75, 3.05) is 0 Å². The SMILES string of the molecule is C=CC[C@H]1[C@H](C(=C)C)CC=C(C)[C@]1(O)CC(C)C. The molecule has 3 atom stereocenters. The molecular weight excluding hydrogens is 220 g/mol. The van der Waals surface area contributed by atoms with Gasteiger partial charge in [0.1, 0.15) is 0 Å². The molecule has 0 aromatic heterocycles. The Labute approximate surface area is 112 Å². The highest BCUT2D eigenvalue weighted by Gasteiger charge is 2.44. The number of allylic oxidation sites excluding steroid dienone is 3. The molecule has 0 aliphatic heterocycles. The molecule has 0 heterocycles. The Bertz CT molecular complexity index is 351. The standard InChI is InChI=1S/C17H28O/c1-7-8-16-15(13(4)5)10-9-14(6)17(16,18)11-12(2)3/h7,9,12,15-16,18H,1,4,8,10-11H2,2-3,5-6H3/t15-,16-,17+/m0/s1. The van der Waals surface area contributed by atoms with E-state index in [0.29, 0.717) is 11.8 Å². The summed E-state index contributed by atoms with van der Waals surface area (Å²) in [6.45, 7) is 16.4. The summed E-state index contributed by atoms with van der Waals surface area (Å²) in [5, 5.41) is 11.2. The monoisotopic (exact) mass is 248 g/mol. The van der Waals surface area contributed by atoms with Gasteiger partial charge >= 0.3 is 0 Å². The van der Waals surface area contributed by atoms with Gasteiger partial charge in [-0.05, 0) is 50.5 Å². The summed E-state index contributed by atoms with van der Waals surface area (Å²) >= 11 is 0. The van der Waals surface area contributed by atoms with Crippen molar-refractivity contribution >= 4 is 0 Å². The summed E-state index contributed by atoms with van der Waals surface area (Å²) in [6, 6.07) is 0. The number of hydrogen-bond acceptors (Lipinski definition) is 1. The van der Waals surface area contributed by atoms with Crippen LogP contribution in [0.2, 0.25) is 0 Å². The van der Waals surface area contributed by atoms with Crippen LogP contribution in [0, 0.1) is 17.8 Å². The van der Waals surface area contributed by atoms with Crippen molar-refractivity contribution in [3.63, 3.8) is 0 Å². The van der Waals surface area contributed by atoms with Crippen LogP contribution in [-0.4, -0.2) is 10.7 Å². The molecule has 0 spiro atoms. The van der Waals surface area contributed by atoms with Gasteiger partial charge in [-0.2, -0.15) is 0 Å². The first kappa shape index (κ1) is 15.2. The van der Waals surface area contributed by atoms with Gasteiger partial charge in [0.25, 0.3) is 0 Å². The van der Waals surface area contributed by atoms with Crippen LogP contribution in [0.1, 0.15) is 47.0 Å². The van der Waals surface area contributed by atoms with Gasteiger partial charge in [-0.3, -0.25) is 0 Å². The molecule has 18 heavy (non-hydrogen) atoms. The van der Waals surface area contributed by atoms with E-state index in [1.54, 1.807) is 0 Å². The lowest BCUT2D eigenvalue weighted by atomic mass is 9.63. The van der Waals surface area contributed by atoms with Gasteiger partial charge in [-0.1, -0.05) is 38.2 Å². The Kier molecular flexibility index (Phi) is 4.98. The summed E-state index contributed by atoms with van der Waals surface area (Å²) in [7, 11) is 0. The Morgan fingerprint density at radius 1 is 1.61 bits per heavy atom. The van der Waals surface area contributed by atoms with Crippen LogP contribution in [0.4, 0.5) is 0 Å². The first-order valence-corrected chi connectivity index (χ1v) is 6.98. The van der Waals surface area contributed by atoms with Gasteiger partial charge in [-0.25, -0.2) is 0 Å². The first-order chi connectivity index (χ1) is 8.32.